The molecule has 2 aromatic carbocycles. The van der Waals surface area contributed by atoms with Crippen LogP contribution in [-0.2, 0) is 6.42 Å². The Morgan fingerprint density at radius 3 is 2.43 bits per heavy atom. The summed E-state index contributed by atoms with van der Waals surface area (Å²) in [4.78, 5) is 12.2. The van der Waals surface area contributed by atoms with E-state index in [4.69, 9.17) is 9.47 Å². The number of ether oxygens (including phenoxy) is 2. The lowest BCUT2D eigenvalue weighted by atomic mass is 10.1. The Bertz CT molecular complexity index is 704. The number of carbonyl (C=O) groups excluding carboxylic acids is 1. The topological polar surface area (TPSA) is 47.6 Å². The molecule has 1 aliphatic heterocycles. The van der Waals surface area contributed by atoms with Crippen LogP contribution in [0.3, 0.4) is 0 Å². The molecule has 23 heavy (non-hydrogen) atoms. The molecule has 1 heterocycles. The van der Waals surface area contributed by atoms with Gasteiger partial charge in [-0.2, -0.15) is 0 Å². The summed E-state index contributed by atoms with van der Waals surface area (Å²) in [7, 11) is 0. The van der Waals surface area contributed by atoms with Gasteiger partial charge in [0.05, 0.1) is 0 Å². The van der Waals surface area contributed by atoms with Crippen molar-refractivity contribution in [2.45, 2.75) is 20.3 Å². The van der Waals surface area contributed by atoms with Crippen molar-refractivity contribution in [2.75, 3.05) is 19.8 Å². The largest absolute Gasteiger partial charge is 0.486 e. The molecule has 1 N–H and O–H groups in total. The summed E-state index contributed by atoms with van der Waals surface area (Å²) in [5, 5.41) is 2.97. The van der Waals surface area contributed by atoms with Crippen molar-refractivity contribution in [1.82, 2.24) is 5.32 Å². The second kappa shape index (κ2) is 6.73. The van der Waals surface area contributed by atoms with Crippen molar-refractivity contribution in [1.29, 1.82) is 0 Å². The average Bonchev–Trinajstić information content (AvgIpc) is 2.53. The lowest BCUT2D eigenvalue weighted by Crippen LogP contribution is -2.26. The number of rotatable bonds is 4. The molecule has 0 aliphatic carbocycles. The predicted molar refractivity (Wildman–Crippen MR) is 89.4 cm³/mol. The predicted octanol–water partition coefficient (Wildman–Crippen LogP) is 3.05. The van der Waals surface area contributed by atoms with E-state index in [1.807, 2.05) is 44.2 Å². The summed E-state index contributed by atoms with van der Waals surface area (Å²) in [6, 6.07) is 11.8. The number of hydrogen-bond acceptors (Lipinski definition) is 3. The van der Waals surface area contributed by atoms with Crippen LogP contribution in [0.15, 0.2) is 36.4 Å². The van der Waals surface area contributed by atoms with E-state index >= 15 is 0 Å². The third-order valence-corrected chi connectivity index (χ3v) is 3.79. The van der Waals surface area contributed by atoms with Gasteiger partial charge in [-0.1, -0.05) is 23.3 Å². The summed E-state index contributed by atoms with van der Waals surface area (Å²) >= 11 is 0. The zero-order chi connectivity index (χ0) is 16.2. The second-order valence-corrected chi connectivity index (χ2v) is 5.86. The lowest BCUT2D eigenvalue weighted by molar-refractivity contribution is 0.0954. The Hall–Kier alpha value is -2.49. The molecule has 1 aliphatic rings. The van der Waals surface area contributed by atoms with Gasteiger partial charge >= 0.3 is 0 Å². The molecule has 0 atom stereocenters. The van der Waals surface area contributed by atoms with Crippen LogP contribution >= 0.6 is 0 Å². The number of fused-ring (bicyclic) bond motifs is 1. The first-order chi connectivity index (χ1) is 11.1. The van der Waals surface area contributed by atoms with Gasteiger partial charge in [0.1, 0.15) is 13.2 Å². The lowest BCUT2D eigenvalue weighted by Gasteiger charge is -2.18. The maximum Gasteiger partial charge on any atom is 0.251 e. The molecule has 4 nitrogen and oxygen atoms in total. The molecule has 0 unspecified atom stereocenters. The normalized spacial score (nSPS) is 12.8. The highest BCUT2D eigenvalue weighted by molar-refractivity contribution is 5.94. The molecule has 1 amide bonds. The number of benzene rings is 2. The Kier molecular flexibility index (Phi) is 4.51. The van der Waals surface area contributed by atoms with E-state index in [0.29, 0.717) is 25.3 Å². The smallest absolute Gasteiger partial charge is 0.251 e. The van der Waals surface area contributed by atoms with E-state index in [9.17, 15) is 4.79 Å². The molecule has 0 bridgehead atoms. The van der Waals surface area contributed by atoms with Crippen molar-refractivity contribution in [2.24, 2.45) is 0 Å². The summed E-state index contributed by atoms with van der Waals surface area (Å²) in [5.41, 5.74) is 4.03. The standard InChI is InChI=1S/C19H21NO3/c1-13-9-14(2)11-16(10-13)19(21)20-6-5-15-3-4-17-18(12-15)23-8-7-22-17/h3-4,9-12H,5-8H2,1-2H3,(H,20,21). The summed E-state index contributed by atoms with van der Waals surface area (Å²) < 4.78 is 11.1. The fraction of sp³-hybridized carbons (Fsp3) is 0.316. The van der Waals surface area contributed by atoms with Crippen LogP contribution in [0.25, 0.3) is 0 Å². The molecule has 0 saturated carbocycles. The number of carbonyl (C=O) groups is 1. The Morgan fingerprint density at radius 1 is 1.00 bits per heavy atom. The fourth-order valence-corrected chi connectivity index (χ4v) is 2.77. The van der Waals surface area contributed by atoms with Gasteiger partial charge in [0, 0.05) is 12.1 Å². The first kappa shape index (κ1) is 15.4. The van der Waals surface area contributed by atoms with Crippen LogP contribution in [0.2, 0.25) is 0 Å². The molecular formula is C19H21NO3. The third kappa shape index (κ3) is 3.83. The minimum atomic E-state index is -0.0330. The van der Waals surface area contributed by atoms with Crippen LogP contribution in [0.5, 0.6) is 11.5 Å². The van der Waals surface area contributed by atoms with Crippen molar-refractivity contribution >= 4 is 5.91 Å². The molecule has 0 saturated heterocycles. The van der Waals surface area contributed by atoms with E-state index in [0.717, 1.165) is 34.6 Å². The first-order valence-electron chi connectivity index (χ1n) is 7.87. The second-order valence-electron chi connectivity index (χ2n) is 5.86. The fourth-order valence-electron chi connectivity index (χ4n) is 2.77. The van der Waals surface area contributed by atoms with E-state index < -0.39 is 0 Å². The van der Waals surface area contributed by atoms with E-state index in [1.54, 1.807) is 0 Å². The summed E-state index contributed by atoms with van der Waals surface area (Å²) in [6.45, 7) is 5.77. The minimum Gasteiger partial charge on any atom is -0.486 e. The van der Waals surface area contributed by atoms with Gasteiger partial charge in [0.2, 0.25) is 0 Å². The van der Waals surface area contributed by atoms with Crippen LogP contribution < -0.4 is 14.8 Å². The van der Waals surface area contributed by atoms with Gasteiger partial charge in [0.15, 0.2) is 11.5 Å². The maximum atomic E-state index is 12.2. The SMILES string of the molecule is Cc1cc(C)cc(C(=O)NCCc2ccc3c(c2)OCCO3)c1. The molecule has 3 rings (SSSR count). The molecule has 2 aromatic rings. The van der Waals surface area contributed by atoms with Gasteiger partial charge in [-0.05, 0) is 50.1 Å². The maximum absolute atomic E-state index is 12.2. The number of hydrogen-bond donors (Lipinski definition) is 1. The van der Waals surface area contributed by atoms with E-state index in [1.165, 1.54) is 0 Å². The minimum absolute atomic E-state index is 0.0330. The summed E-state index contributed by atoms with van der Waals surface area (Å²) in [6.07, 6.45) is 0.757. The Balaban J connectivity index is 1.57. The number of amides is 1. The van der Waals surface area contributed by atoms with Crippen molar-refractivity contribution in [3.8, 4) is 11.5 Å². The number of aryl methyl sites for hydroxylation is 2. The van der Waals surface area contributed by atoms with Crippen molar-refractivity contribution < 1.29 is 14.3 Å². The van der Waals surface area contributed by atoms with Gasteiger partial charge in [-0.15, -0.1) is 0 Å². The van der Waals surface area contributed by atoms with Crippen LogP contribution in [0.4, 0.5) is 0 Å². The highest BCUT2D eigenvalue weighted by atomic mass is 16.6. The van der Waals surface area contributed by atoms with Crippen LogP contribution in [-0.4, -0.2) is 25.7 Å². The van der Waals surface area contributed by atoms with E-state index in [-0.39, 0.29) is 5.91 Å². The van der Waals surface area contributed by atoms with Crippen LogP contribution in [0, 0.1) is 13.8 Å². The monoisotopic (exact) mass is 311 g/mol. The van der Waals surface area contributed by atoms with Crippen molar-refractivity contribution in [3.63, 3.8) is 0 Å². The quantitative estimate of drug-likeness (QED) is 0.944. The molecule has 0 spiro atoms. The van der Waals surface area contributed by atoms with Crippen molar-refractivity contribution in [3.05, 3.63) is 58.7 Å². The van der Waals surface area contributed by atoms with E-state index in [2.05, 4.69) is 11.4 Å². The molecule has 120 valence electrons. The van der Waals surface area contributed by atoms with Crippen LogP contribution in [0.1, 0.15) is 27.0 Å². The third-order valence-electron chi connectivity index (χ3n) is 3.79. The first-order valence-corrected chi connectivity index (χ1v) is 7.87. The molecule has 4 heteroatoms. The van der Waals surface area contributed by atoms with Gasteiger partial charge in [0.25, 0.3) is 5.91 Å². The summed E-state index contributed by atoms with van der Waals surface area (Å²) in [5.74, 6) is 1.54. The molecule has 0 fully saturated rings. The van der Waals surface area contributed by atoms with Gasteiger partial charge < -0.3 is 14.8 Å². The van der Waals surface area contributed by atoms with Gasteiger partial charge in [-0.3, -0.25) is 4.79 Å². The highest BCUT2D eigenvalue weighted by Gasteiger charge is 2.12. The molecule has 0 aromatic heterocycles. The Labute approximate surface area is 136 Å². The Morgan fingerprint density at radius 2 is 1.70 bits per heavy atom. The van der Waals surface area contributed by atoms with Gasteiger partial charge in [-0.25, -0.2) is 0 Å². The molecule has 0 radical (unpaired) electrons. The highest BCUT2D eigenvalue weighted by Crippen LogP contribution is 2.30. The number of nitrogens with one attached hydrogen (secondary N) is 1. The molecular weight excluding hydrogens is 290 g/mol. The zero-order valence-electron chi connectivity index (χ0n) is 13.5. The zero-order valence-corrected chi connectivity index (χ0v) is 13.5. The average molecular weight is 311 g/mol.